The summed E-state index contributed by atoms with van der Waals surface area (Å²) >= 11 is 0. The maximum atomic E-state index is 13.7. The fourth-order valence-corrected chi connectivity index (χ4v) is 4.50. The largest absolute Gasteiger partial charge is 0.497 e. The molecule has 3 amide bonds. The Kier molecular flexibility index (Phi) is 7.67. The fourth-order valence-electron chi connectivity index (χ4n) is 4.50. The van der Waals surface area contributed by atoms with E-state index in [1.165, 1.54) is 0 Å². The zero-order chi connectivity index (χ0) is 24.2. The Morgan fingerprint density at radius 1 is 1.21 bits per heavy atom. The van der Waals surface area contributed by atoms with E-state index in [-0.39, 0.29) is 29.7 Å². The lowest BCUT2D eigenvalue weighted by Crippen LogP contribution is -2.60. The van der Waals surface area contributed by atoms with Crippen LogP contribution in [0.1, 0.15) is 63.7 Å². The predicted octanol–water partition coefficient (Wildman–Crippen LogP) is 2.82. The molecule has 182 valence electrons. The average Bonchev–Trinajstić information content (AvgIpc) is 3.14. The van der Waals surface area contributed by atoms with Crippen LogP contribution in [0.2, 0.25) is 0 Å². The molecule has 0 aliphatic carbocycles. The number of likely N-dealkylation sites (tertiary alicyclic amines) is 1. The molecule has 8 nitrogen and oxygen atoms in total. The van der Waals surface area contributed by atoms with Gasteiger partial charge in [0, 0.05) is 44.5 Å². The van der Waals surface area contributed by atoms with Gasteiger partial charge in [0.25, 0.3) is 5.91 Å². The number of ether oxygens (including phenoxy) is 2. The summed E-state index contributed by atoms with van der Waals surface area (Å²) in [6.45, 7) is 9.77. The highest BCUT2D eigenvalue weighted by molar-refractivity contribution is 5.98. The van der Waals surface area contributed by atoms with E-state index in [2.05, 4.69) is 5.32 Å². The van der Waals surface area contributed by atoms with Gasteiger partial charge in [0.1, 0.15) is 17.5 Å². The van der Waals surface area contributed by atoms with Crippen LogP contribution in [0.4, 0.5) is 0 Å². The Balaban J connectivity index is 1.84. The van der Waals surface area contributed by atoms with Crippen LogP contribution in [0.15, 0.2) is 24.3 Å². The lowest BCUT2D eigenvalue weighted by molar-refractivity contribution is -0.145. The Labute approximate surface area is 196 Å². The number of nitrogens with zero attached hydrogens (tertiary/aromatic N) is 2. The number of carbonyl (C=O) groups excluding carboxylic acids is 3. The van der Waals surface area contributed by atoms with Crippen molar-refractivity contribution >= 4 is 17.7 Å². The number of piperidine rings is 1. The van der Waals surface area contributed by atoms with Gasteiger partial charge in [0.05, 0.1) is 13.7 Å². The van der Waals surface area contributed by atoms with Crippen LogP contribution >= 0.6 is 0 Å². The molecular formula is C25H37N3O5. The maximum absolute atomic E-state index is 13.7. The summed E-state index contributed by atoms with van der Waals surface area (Å²) in [6.07, 6.45) is 2.21. The monoisotopic (exact) mass is 459 g/mol. The minimum atomic E-state index is -0.910. The molecule has 2 aliphatic rings. The lowest BCUT2D eigenvalue weighted by atomic mass is 9.90. The molecule has 1 atom stereocenters. The predicted molar refractivity (Wildman–Crippen MR) is 125 cm³/mol. The van der Waals surface area contributed by atoms with Crippen LogP contribution in [0.3, 0.4) is 0 Å². The van der Waals surface area contributed by atoms with Gasteiger partial charge in [-0.25, -0.2) is 0 Å². The summed E-state index contributed by atoms with van der Waals surface area (Å²) in [5.41, 5.74) is -0.557. The first-order valence-corrected chi connectivity index (χ1v) is 11.8. The first-order valence-electron chi connectivity index (χ1n) is 11.8. The van der Waals surface area contributed by atoms with E-state index < -0.39 is 11.8 Å². The van der Waals surface area contributed by atoms with Gasteiger partial charge >= 0.3 is 0 Å². The molecule has 3 rings (SSSR count). The maximum Gasteiger partial charge on any atom is 0.257 e. The minimum Gasteiger partial charge on any atom is -0.497 e. The minimum absolute atomic E-state index is 0.0904. The number of carbonyl (C=O) groups is 3. The second kappa shape index (κ2) is 10.1. The van der Waals surface area contributed by atoms with Crippen LogP contribution in [0.25, 0.3) is 0 Å². The molecule has 1 spiro atoms. The molecule has 8 heteroatoms. The molecule has 0 aromatic heterocycles. The van der Waals surface area contributed by atoms with Gasteiger partial charge in [-0.2, -0.15) is 0 Å². The Morgan fingerprint density at radius 2 is 1.91 bits per heavy atom. The number of methoxy groups -OCH3 is 1. The highest BCUT2D eigenvalue weighted by Gasteiger charge is 2.54. The number of benzene rings is 1. The van der Waals surface area contributed by atoms with E-state index in [4.69, 9.17) is 9.47 Å². The van der Waals surface area contributed by atoms with Crippen molar-refractivity contribution in [3.8, 4) is 5.75 Å². The van der Waals surface area contributed by atoms with E-state index in [1.54, 1.807) is 36.3 Å². The van der Waals surface area contributed by atoms with Crippen LogP contribution < -0.4 is 10.1 Å². The lowest BCUT2D eigenvalue weighted by Gasteiger charge is -2.44. The Bertz CT molecular complexity index is 871. The van der Waals surface area contributed by atoms with Crippen molar-refractivity contribution < 1.29 is 23.9 Å². The van der Waals surface area contributed by atoms with Crippen molar-refractivity contribution in [1.29, 1.82) is 0 Å². The smallest absolute Gasteiger partial charge is 0.257 e. The first-order chi connectivity index (χ1) is 15.6. The molecule has 0 radical (unpaired) electrons. The third-order valence-electron chi connectivity index (χ3n) is 6.23. The molecule has 0 unspecified atom stereocenters. The van der Waals surface area contributed by atoms with Gasteiger partial charge in [0.2, 0.25) is 11.8 Å². The first kappa shape index (κ1) is 25.0. The van der Waals surface area contributed by atoms with E-state index in [0.29, 0.717) is 50.2 Å². The number of amides is 3. The number of hydrogen-bond acceptors (Lipinski definition) is 5. The van der Waals surface area contributed by atoms with Crippen molar-refractivity contribution in [1.82, 2.24) is 15.1 Å². The topological polar surface area (TPSA) is 88.2 Å². The summed E-state index contributed by atoms with van der Waals surface area (Å²) in [5, 5.41) is 2.91. The summed E-state index contributed by atoms with van der Waals surface area (Å²) in [7, 11) is 1.55. The number of rotatable bonds is 6. The normalized spacial score (nSPS) is 20.1. The van der Waals surface area contributed by atoms with Crippen LogP contribution in [-0.2, 0) is 14.3 Å². The highest BCUT2D eigenvalue weighted by atomic mass is 16.5. The molecule has 2 aliphatic heterocycles. The summed E-state index contributed by atoms with van der Waals surface area (Å²) in [4.78, 5) is 42.9. The van der Waals surface area contributed by atoms with E-state index in [1.807, 2.05) is 32.6 Å². The van der Waals surface area contributed by atoms with Gasteiger partial charge in [-0.15, -0.1) is 0 Å². The van der Waals surface area contributed by atoms with E-state index >= 15 is 0 Å². The number of hydrogen-bond donors (Lipinski definition) is 1. The van der Waals surface area contributed by atoms with Crippen molar-refractivity contribution in [2.75, 3.05) is 33.4 Å². The third kappa shape index (κ3) is 5.66. The van der Waals surface area contributed by atoms with Gasteiger partial charge in [-0.1, -0.05) is 33.8 Å². The molecule has 0 bridgehead atoms. The fraction of sp³-hybridized carbons (Fsp3) is 0.640. The number of nitrogens with one attached hydrogen (secondary N) is 1. The molecule has 2 saturated heterocycles. The molecule has 2 heterocycles. The van der Waals surface area contributed by atoms with E-state index in [9.17, 15) is 14.4 Å². The average molecular weight is 460 g/mol. The summed E-state index contributed by atoms with van der Waals surface area (Å²) < 4.78 is 11.5. The quantitative estimate of drug-likeness (QED) is 0.707. The van der Waals surface area contributed by atoms with Gasteiger partial charge in [0.15, 0.2) is 0 Å². The van der Waals surface area contributed by atoms with Crippen molar-refractivity contribution in [2.24, 2.45) is 5.41 Å². The Morgan fingerprint density at radius 3 is 2.52 bits per heavy atom. The zero-order valence-corrected chi connectivity index (χ0v) is 20.5. The highest BCUT2D eigenvalue weighted by Crippen LogP contribution is 2.39. The third-order valence-corrected chi connectivity index (χ3v) is 6.23. The second-order valence-electron chi connectivity index (χ2n) is 10.1. The Hall–Kier alpha value is -2.61. The van der Waals surface area contributed by atoms with Crippen LogP contribution in [-0.4, -0.2) is 72.6 Å². The molecule has 33 heavy (non-hydrogen) atoms. The summed E-state index contributed by atoms with van der Waals surface area (Å²) in [6, 6.07) is 6.22. The second-order valence-corrected chi connectivity index (χ2v) is 10.1. The van der Waals surface area contributed by atoms with Crippen LogP contribution in [0, 0.1) is 5.41 Å². The SMILES string of the molecule is CCCNC(=O)[C@H]1COC2(CCN(C(=O)CC(C)(C)C)CC2)N1C(=O)c1cccc(OC)c1. The molecule has 1 aromatic carbocycles. The van der Waals surface area contributed by atoms with Gasteiger partial charge in [-0.05, 0) is 30.0 Å². The van der Waals surface area contributed by atoms with Crippen molar-refractivity contribution in [2.45, 2.75) is 65.1 Å². The molecular weight excluding hydrogens is 422 g/mol. The summed E-state index contributed by atoms with van der Waals surface area (Å²) in [5.74, 6) is 0.205. The zero-order valence-electron chi connectivity index (χ0n) is 20.5. The van der Waals surface area contributed by atoms with Gasteiger partial charge < -0.3 is 19.7 Å². The van der Waals surface area contributed by atoms with E-state index in [0.717, 1.165) is 6.42 Å². The standard InChI is InChI=1S/C25H37N3O5/c1-6-12-26-22(30)20-17-33-25(10-13-27(14-11-25)21(29)16-24(2,3)4)28(20)23(31)18-8-7-9-19(15-18)32-5/h7-9,15,20H,6,10-14,16-17H2,1-5H3,(H,26,30)/t20-/m1/s1. The molecule has 1 aromatic rings. The van der Waals surface area contributed by atoms with Crippen molar-refractivity contribution in [3.05, 3.63) is 29.8 Å². The molecule has 2 fully saturated rings. The molecule has 0 saturated carbocycles. The van der Waals surface area contributed by atoms with Gasteiger partial charge in [-0.3, -0.25) is 19.3 Å². The van der Waals surface area contributed by atoms with Crippen LogP contribution in [0.5, 0.6) is 5.75 Å². The molecule has 1 N–H and O–H groups in total. The van der Waals surface area contributed by atoms with Crippen molar-refractivity contribution in [3.63, 3.8) is 0 Å².